The molecular formula is C12H12F3N5O2. The van der Waals surface area contributed by atoms with Gasteiger partial charge in [-0.25, -0.2) is 0 Å². The van der Waals surface area contributed by atoms with E-state index in [1.165, 1.54) is 20.2 Å². The lowest BCUT2D eigenvalue weighted by atomic mass is 10.0. The molecule has 1 saturated heterocycles. The van der Waals surface area contributed by atoms with Gasteiger partial charge in [0.15, 0.2) is 5.69 Å². The van der Waals surface area contributed by atoms with Gasteiger partial charge in [0, 0.05) is 33.3 Å². The number of hydrogen-bond acceptors (Lipinski definition) is 5. The highest BCUT2D eigenvalue weighted by Crippen LogP contribution is 2.35. The third-order valence-electron chi connectivity index (χ3n) is 3.46. The minimum Gasteiger partial charge on any atom is -0.341 e. The van der Waals surface area contributed by atoms with Crippen molar-refractivity contribution in [3.63, 3.8) is 0 Å². The van der Waals surface area contributed by atoms with Crippen LogP contribution in [0.4, 0.5) is 13.2 Å². The van der Waals surface area contributed by atoms with Gasteiger partial charge >= 0.3 is 6.18 Å². The van der Waals surface area contributed by atoms with E-state index in [9.17, 15) is 18.0 Å². The van der Waals surface area contributed by atoms with Crippen molar-refractivity contribution in [2.75, 3.05) is 13.1 Å². The van der Waals surface area contributed by atoms with E-state index in [-0.39, 0.29) is 29.1 Å². The summed E-state index contributed by atoms with van der Waals surface area (Å²) < 4.78 is 44.8. The van der Waals surface area contributed by atoms with E-state index in [0.717, 1.165) is 4.68 Å². The molecule has 0 bridgehead atoms. The van der Waals surface area contributed by atoms with Crippen LogP contribution in [-0.4, -0.2) is 43.8 Å². The number of amides is 1. The zero-order valence-electron chi connectivity index (χ0n) is 11.8. The second-order valence-corrected chi connectivity index (χ2v) is 5.14. The third kappa shape index (κ3) is 2.44. The number of alkyl halides is 3. The molecule has 1 amide bonds. The minimum absolute atomic E-state index is 0.0670. The molecule has 10 heteroatoms. The highest BCUT2D eigenvalue weighted by molar-refractivity contribution is 5.74. The molecule has 0 saturated carbocycles. The van der Waals surface area contributed by atoms with Gasteiger partial charge in [-0.15, -0.1) is 0 Å². The van der Waals surface area contributed by atoms with Crippen LogP contribution in [-0.2, 0) is 18.0 Å². The van der Waals surface area contributed by atoms with Gasteiger partial charge in [-0.2, -0.15) is 23.3 Å². The first kappa shape index (κ1) is 14.5. The smallest absolute Gasteiger partial charge is 0.341 e. The average molecular weight is 315 g/mol. The van der Waals surface area contributed by atoms with Crippen LogP contribution in [0.2, 0.25) is 0 Å². The highest BCUT2D eigenvalue weighted by Gasteiger charge is 2.39. The average Bonchev–Trinajstić information content (AvgIpc) is 2.92. The zero-order chi connectivity index (χ0) is 16.1. The summed E-state index contributed by atoms with van der Waals surface area (Å²) in [6, 6.07) is 0. The molecule has 0 atom stereocenters. The number of aromatic nitrogens is 4. The monoisotopic (exact) mass is 315 g/mol. The van der Waals surface area contributed by atoms with Crippen LogP contribution in [0.15, 0.2) is 10.7 Å². The van der Waals surface area contributed by atoms with E-state index in [1.807, 2.05) is 0 Å². The van der Waals surface area contributed by atoms with E-state index >= 15 is 0 Å². The van der Waals surface area contributed by atoms with Gasteiger partial charge < -0.3 is 9.42 Å². The Hall–Kier alpha value is -2.39. The molecule has 1 aliphatic rings. The molecule has 7 nitrogen and oxygen atoms in total. The van der Waals surface area contributed by atoms with Crippen molar-refractivity contribution in [2.45, 2.75) is 19.0 Å². The maximum Gasteiger partial charge on any atom is 0.435 e. The van der Waals surface area contributed by atoms with Crippen LogP contribution >= 0.6 is 0 Å². The van der Waals surface area contributed by atoms with E-state index < -0.39 is 11.9 Å². The van der Waals surface area contributed by atoms with Crippen LogP contribution in [0, 0.1) is 0 Å². The van der Waals surface area contributed by atoms with Crippen molar-refractivity contribution in [3.05, 3.63) is 17.8 Å². The molecule has 0 unspecified atom stereocenters. The molecule has 3 heterocycles. The molecule has 2 aromatic rings. The van der Waals surface area contributed by atoms with Crippen LogP contribution < -0.4 is 0 Å². The summed E-state index contributed by atoms with van der Waals surface area (Å²) >= 11 is 0. The van der Waals surface area contributed by atoms with Crippen molar-refractivity contribution in [1.82, 2.24) is 24.8 Å². The first-order chi connectivity index (χ1) is 10.3. The second-order valence-electron chi connectivity index (χ2n) is 5.14. The maximum atomic E-state index is 12.9. The second kappa shape index (κ2) is 4.82. The molecule has 0 N–H and O–H groups in total. The summed E-state index contributed by atoms with van der Waals surface area (Å²) in [4.78, 5) is 16.7. The fourth-order valence-corrected chi connectivity index (χ4v) is 2.26. The summed E-state index contributed by atoms with van der Waals surface area (Å²) in [6.45, 7) is 2.30. The Labute approximate surface area is 122 Å². The lowest BCUT2D eigenvalue weighted by molar-refractivity contribution is -0.141. The molecule has 0 aromatic carbocycles. The predicted molar refractivity (Wildman–Crippen MR) is 66.5 cm³/mol. The van der Waals surface area contributed by atoms with Crippen molar-refractivity contribution < 1.29 is 22.5 Å². The van der Waals surface area contributed by atoms with Crippen molar-refractivity contribution in [1.29, 1.82) is 0 Å². The summed E-state index contributed by atoms with van der Waals surface area (Å²) in [5.41, 5.74) is -1.28. The number of nitrogens with zero attached hydrogens (tertiary/aromatic N) is 5. The van der Waals surface area contributed by atoms with E-state index in [2.05, 4.69) is 15.2 Å². The lowest BCUT2D eigenvalue weighted by Crippen LogP contribution is -2.47. The molecule has 2 aromatic heterocycles. The Morgan fingerprint density at radius 1 is 1.41 bits per heavy atom. The molecule has 1 fully saturated rings. The largest absolute Gasteiger partial charge is 0.435 e. The Bertz CT molecular complexity index is 715. The number of halogens is 3. The number of aryl methyl sites for hydroxylation is 1. The Morgan fingerprint density at radius 3 is 2.68 bits per heavy atom. The van der Waals surface area contributed by atoms with Crippen LogP contribution in [0.5, 0.6) is 0 Å². The first-order valence-corrected chi connectivity index (χ1v) is 6.46. The predicted octanol–water partition coefficient (Wildman–Crippen LogP) is 1.43. The fourth-order valence-electron chi connectivity index (χ4n) is 2.26. The van der Waals surface area contributed by atoms with E-state index in [0.29, 0.717) is 13.1 Å². The Kier molecular flexibility index (Phi) is 3.18. The fraction of sp³-hybridized carbons (Fsp3) is 0.500. The topological polar surface area (TPSA) is 77.1 Å². The Morgan fingerprint density at radius 2 is 2.09 bits per heavy atom. The normalized spacial score (nSPS) is 16.0. The number of likely N-dealkylation sites (tertiary alicyclic amines) is 1. The lowest BCUT2D eigenvalue weighted by Gasteiger charge is -2.36. The zero-order valence-corrected chi connectivity index (χ0v) is 11.8. The summed E-state index contributed by atoms with van der Waals surface area (Å²) in [6.07, 6.45) is -3.40. The van der Waals surface area contributed by atoms with E-state index in [4.69, 9.17) is 4.52 Å². The van der Waals surface area contributed by atoms with Crippen molar-refractivity contribution in [2.24, 2.45) is 7.05 Å². The van der Waals surface area contributed by atoms with Crippen molar-refractivity contribution in [3.8, 4) is 11.4 Å². The maximum absolute atomic E-state index is 12.9. The van der Waals surface area contributed by atoms with Gasteiger partial charge in [-0.05, 0) is 0 Å². The molecule has 0 aliphatic carbocycles. The number of rotatable bonds is 2. The SMILES string of the molecule is CC(=O)N1CC(c2nc(-c3cn(C)nc3C(F)(F)F)no2)C1. The quantitative estimate of drug-likeness (QED) is 0.838. The highest BCUT2D eigenvalue weighted by atomic mass is 19.4. The number of hydrogen-bond donors (Lipinski definition) is 0. The first-order valence-electron chi connectivity index (χ1n) is 6.46. The van der Waals surface area contributed by atoms with Gasteiger partial charge in [-0.1, -0.05) is 5.16 Å². The van der Waals surface area contributed by atoms with Gasteiger partial charge in [0.05, 0.1) is 11.5 Å². The summed E-state index contributed by atoms with van der Waals surface area (Å²) in [7, 11) is 1.39. The number of carbonyl (C=O) groups is 1. The summed E-state index contributed by atoms with van der Waals surface area (Å²) in [5.74, 6) is -0.139. The van der Waals surface area contributed by atoms with Crippen LogP contribution in [0.3, 0.4) is 0 Å². The summed E-state index contributed by atoms with van der Waals surface area (Å²) in [5, 5.41) is 7.00. The van der Waals surface area contributed by atoms with Gasteiger partial charge in [0.25, 0.3) is 0 Å². The van der Waals surface area contributed by atoms with Crippen LogP contribution in [0.1, 0.15) is 24.4 Å². The Balaban J connectivity index is 1.85. The van der Waals surface area contributed by atoms with Gasteiger partial charge in [0.2, 0.25) is 17.6 Å². The molecule has 118 valence electrons. The van der Waals surface area contributed by atoms with Gasteiger partial charge in [-0.3, -0.25) is 9.48 Å². The molecule has 0 radical (unpaired) electrons. The third-order valence-corrected chi connectivity index (χ3v) is 3.46. The van der Waals surface area contributed by atoms with E-state index in [1.54, 1.807) is 4.90 Å². The van der Waals surface area contributed by atoms with Crippen molar-refractivity contribution >= 4 is 5.91 Å². The molecule has 22 heavy (non-hydrogen) atoms. The minimum atomic E-state index is -4.60. The molecule has 1 aliphatic heterocycles. The molecular weight excluding hydrogens is 303 g/mol. The molecule has 3 rings (SSSR count). The number of carbonyl (C=O) groups excluding carboxylic acids is 1. The standard InChI is InChI=1S/C12H12F3N5O2/c1-6(21)20-3-7(4-20)11-16-10(18-22-11)8-5-19(2)17-9(8)12(13,14)15/h5,7H,3-4H2,1-2H3. The van der Waals surface area contributed by atoms with Gasteiger partial charge in [0.1, 0.15) is 0 Å². The van der Waals surface area contributed by atoms with Crippen LogP contribution in [0.25, 0.3) is 11.4 Å². The molecule has 0 spiro atoms.